The lowest BCUT2D eigenvalue weighted by Gasteiger charge is -2.34. The third-order valence-electron chi connectivity index (χ3n) is 14.2. The van der Waals surface area contributed by atoms with Crippen LogP contribution in [0.2, 0.25) is 0 Å². The second-order valence-electron chi connectivity index (χ2n) is 18.3. The summed E-state index contributed by atoms with van der Waals surface area (Å²) in [4.78, 5) is 16.5. The molecule has 0 amide bonds. The molecule has 2 aromatic carbocycles. The van der Waals surface area contributed by atoms with Gasteiger partial charge in [0.05, 0.1) is 22.8 Å². The summed E-state index contributed by atoms with van der Waals surface area (Å²) in [6.07, 6.45) is 36.1. The first-order chi connectivity index (χ1) is 31.6. The molecule has 4 nitrogen and oxygen atoms in total. The van der Waals surface area contributed by atoms with Gasteiger partial charge in [0.1, 0.15) is 0 Å². The minimum Gasteiger partial charge on any atom is -0.303 e. The molecular weight excluding hydrogens is 817 g/mol. The van der Waals surface area contributed by atoms with Crippen LogP contribution in [0.1, 0.15) is 98.1 Å². The highest BCUT2D eigenvalue weighted by atomic mass is 32.1. The molecule has 10 radical (unpaired) electrons. The van der Waals surface area contributed by atoms with Crippen molar-refractivity contribution in [1.82, 2.24) is 19.8 Å². The van der Waals surface area contributed by atoms with Crippen LogP contribution in [0, 0.1) is 62.2 Å². The Labute approximate surface area is 390 Å². The van der Waals surface area contributed by atoms with E-state index in [1.54, 1.807) is 0 Å². The molecule has 5 heterocycles. The molecule has 4 fully saturated rings. The number of hydrogen-bond acceptors (Lipinski definition) is 6. The Balaban J connectivity index is 1.15. The normalized spacial score (nSPS) is 19.6. The average molecular weight is 873 g/mol. The zero-order valence-electron chi connectivity index (χ0n) is 37.1. The molecule has 4 aliphatic carbocycles. The molecule has 0 spiro atoms. The lowest BCUT2D eigenvalue weighted by molar-refractivity contribution is 0.200. The molecular formula is C58H56N4S2. The summed E-state index contributed by atoms with van der Waals surface area (Å²) in [5, 5.41) is 0. The fourth-order valence-electron chi connectivity index (χ4n) is 10.8. The van der Waals surface area contributed by atoms with E-state index in [2.05, 4.69) is 172 Å². The van der Waals surface area contributed by atoms with E-state index >= 15 is 0 Å². The van der Waals surface area contributed by atoms with Crippen molar-refractivity contribution in [2.45, 2.75) is 76.3 Å². The van der Waals surface area contributed by atoms with E-state index in [1.165, 1.54) is 129 Å². The maximum atomic E-state index is 5.66. The highest BCUT2D eigenvalue weighted by Gasteiger charge is 2.38. The Morgan fingerprint density at radius 2 is 0.797 bits per heavy atom. The van der Waals surface area contributed by atoms with E-state index in [0.29, 0.717) is 12.1 Å². The van der Waals surface area contributed by atoms with Crippen LogP contribution in [0.4, 0.5) is 0 Å². The molecule has 8 bridgehead atoms. The van der Waals surface area contributed by atoms with Crippen molar-refractivity contribution < 1.29 is 0 Å². The van der Waals surface area contributed by atoms with Gasteiger partial charge in [-0.05, 0) is 138 Å². The highest BCUT2D eigenvalue weighted by molar-refractivity contribution is 7.24. The van der Waals surface area contributed by atoms with Crippen molar-refractivity contribution >= 4 is 65.8 Å². The van der Waals surface area contributed by atoms with Gasteiger partial charge in [-0.2, -0.15) is 0 Å². The summed E-state index contributed by atoms with van der Waals surface area (Å²) in [6, 6.07) is 32.2. The fraction of sp³-hybridized carbons (Fsp3) is 0.276. The molecule has 11 rings (SSSR count). The third-order valence-corrected chi connectivity index (χ3v) is 16.5. The van der Waals surface area contributed by atoms with Crippen molar-refractivity contribution in [3.8, 4) is 22.3 Å². The second kappa shape index (κ2) is 19.0. The van der Waals surface area contributed by atoms with Gasteiger partial charge in [0.15, 0.2) is 0 Å². The molecule has 320 valence electrons. The predicted molar refractivity (Wildman–Crippen MR) is 273 cm³/mol. The first-order valence-corrected chi connectivity index (χ1v) is 25.2. The molecule has 64 heavy (non-hydrogen) atoms. The molecule has 6 heteroatoms. The van der Waals surface area contributed by atoms with Crippen LogP contribution in [-0.2, 0) is 0 Å². The molecule has 0 N–H and O–H groups in total. The predicted octanol–water partition coefficient (Wildman–Crippen LogP) is 14.2. The third kappa shape index (κ3) is 8.54. The lowest BCUT2D eigenvalue weighted by Crippen LogP contribution is -2.37. The van der Waals surface area contributed by atoms with Crippen LogP contribution >= 0.6 is 22.7 Å². The van der Waals surface area contributed by atoms with Gasteiger partial charge in [0, 0.05) is 89.9 Å². The quantitative estimate of drug-likeness (QED) is 0.137. The van der Waals surface area contributed by atoms with Crippen molar-refractivity contribution in [3.05, 3.63) is 181 Å². The van der Waals surface area contributed by atoms with Gasteiger partial charge < -0.3 is 9.80 Å². The lowest BCUT2D eigenvalue weighted by atomic mass is 9.86. The Bertz CT molecular complexity index is 2480. The minimum atomic E-state index is 0.629. The largest absolute Gasteiger partial charge is 0.303 e. The van der Waals surface area contributed by atoms with Crippen molar-refractivity contribution in [2.24, 2.45) is 0 Å². The summed E-state index contributed by atoms with van der Waals surface area (Å²) >= 11 is 3.72. The van der Waals surface area contributed by atoms with Gasteiger partial charge >= 0.3 is 0 Å². The van der Waals surface area contributed by atoms with E-state index in [1.807, 2.05) is 22.7 Å². The molecule has 5 aromatic rings. The fourth-order valence-corrected chi connectivity index (χ4v) is 13.1. The molecule has 0 unspecified atom stereocenters. The van der Waals surface area contributed by atoms with Gasteiger partial charge in [-0.3, -0.25) is 0 Å². The second-order valence-corrected chi connectivity index (χ2v) is 20.5. The van der Waals surface area contributed by atoms with Gasteiger partial charge in [-0.15, -0.1) is 22.7 Å². The van der Waals surface area contributed by atoms with Crippen LogP contribution in [0.15, 0.2) is 84.9 Å². The SMILES string of the molecule is CN(C[C]1[CH][CH][CH][C]1c1c2nc(c(-c3ccccc3)c3ccc(s3)c(-c3ccccc3)c3nc(c([C]4[CH][CH][CH][C]4CN(C)C4CCCCC4)c4ccc1s4)C=C3)C=C2)C1CCCCC1. The number of aromatic nitrogens is 2. The average Bonchev–Trinajstić information content (AvgIpc) is 4.21. The minimum absolute atomic E-state index is 0.629. The van der Waals surface area contributed by atoms with Gasteiger partial charge in [0.25, 0.3) is 0 Å². The van der Waals surface area contributed by atoms with Gasteiger partial charge in [0.2, 0.25) is 0 Å². The zero-order valence-corrected chi connectivity index (χ0v) is 38.7. The molecule has 2 aliphatic heterocycles. The maximum absolute atomic E-state index is 5.66. The number of nitrogens with zero attached hydrogens (tertiary/aromatic N) is 4. The Morgan fingerprint density at radius 1 is 0.438 bits per heavy atom. The molecule has 3 aromatic heterocycles. The monoisotopic (exact) mass is 872 g/mol. The van der Waals surface area contributed by atoms with Crippen LogP contribution in [0.25, 0.3) is 65.4 Å². The zero-order chi connectivity index (χ0) is 43.0. The molecule has 0 saturated heterocycles. The van der Waals surface area contributed by atoms with E-state index in [-0.39, 0.29) is 0 Å². The summed E-state index contributed by atoms with van der Waals surface area (Å²) in [5.41, 5.74) is 11.1. The Kier molecular flexibility index (Phi) is 12.6. The van der Waals surface area contributed by atoms with Crippen LogP contribution in [0.3, 0.4) is 0 Å². The highest BCUT2D eigenvalue weighted by Crippen LogP contribution is 2.48. The first-order valence-electron chi connectivity index (χ1n) is 23.5. The number of rotatable bonds is 10. The topological polar surface area (TPSA) is 32.3 Å². The van der Waals surface area contributed by atoms with E-state index in [4.69, 9.17) is 9.97 Å². The van der Waals surface area contributed by atoms with Crippen molar-refractivity contribution in [3.63, 3.8) is 0 Å². The molecule has 0 atom stereocenters. The van der Waals surface area contributed by atoms with Crippen molar-refractivity contribution in [2.75, 3.05) is 27.2 Å². The summed E-state index contributed by atoms with van der Waals surface area (Å²) < 4.78 is 4.84. The molecule has 6 aliphatic rings. The Morgan fingerprint density at radius 3 is 1.19 bits per heavy atom. The van der Waals surface area contributed by atoms with Crippen LogP contribution < -0.4 is 0 Å². The number of thiophene rings is 2. The van der Waals surface area contributed by atoms with E-state index in [0.717, 1.165) is 47.0 Å². The standard InChI is InChI=1S/C58H56N4S2/c1-61(43-23-11-5-12-24-43)37-41-21-15-27-45(41)57-49-31-29-47(59-49)55(39-17-7-3-8-18-39)51-33-34-52(63-51)56(40-19-9-4-10-20-40)48-30-32-50(60-48)58(54-36-35-53(57)64-54)46-28-16-22-42(46)38-62(2)44-25-13-6-14-26-44/h3-4,7-10,15-22,27-36,43-44H,5-6,11-14,23-26,37-38H2,1-2H3. The van der Waals surface area contributed by atoms with Crippen LogP contribution in [0.5, 0.6) is 0 Å². The van der Waals surface area contributed by atoms with E-state index < -0.39 is 0 Å². The number of fused-ring (bicyclic) bond motifs is 8. The summed E-state index contributed by atoms with van der Waals surface area (Å²) in [7, 11) is 4.67. The summed E-state index contributed by atoms with van der Waals surface area (Å²) in [5.74, 6) is 5.29. The van der Waals surface area contributed by atoms with Crippen molar-refractivity contribution in [1.29, 1.82) is 0 Å². The molecule has 4 saturated carbocycles. The number of benzene rings is 2. The van der Waals surface area contributed by atoms with E-state index in [9.17, 15) is 0 Å². The van der Waals surface area contributed by atoms with Crippen LogP contribution in [-0.4, -0.2) is 59.0 Å². The Hall–Kier alpha value is -4.20. The first kappa shape index (κ1) is 42.4. The maximum Gasteiger partial charge on any atom is 0.0730 e. The summed E-state index contributed by atoms with van der Waals surface area (Å²) in [6.45, 7) is 1.84. The van der Waals surface area contributed by atoms with Gasteiger partial charge in [-0.25, -0.2) is 9.97 Å². The van der Waals surface area contributed by atoms with Gasteiger partial charge in [-0.1, -0.05) is 99.2 Å². The smallest absolute Gasteiger partial charge is 0.0730 e. The number of hydrogen-bond donors (Lipinski definition) is 0.